The minimum Gasteiger partial charge on any atom is -0.209 e. The van der Waals surface area contributed by atoms with Gasteiger partial charge in [0.15, 0.2) is 17.5 Å². The highest BCUT2D eigenvalue weighted by atomic mass is 35.6. The van der Waals surface area contributed by atoms with E-state index in [1.807, 2.05) is 24.3 Å². The number of benzene rings is 2. The van der Waals surface area contributed by atoms with Crippen molar-refractivity contribution in [2.75, 3.05) is 0 Å². The summed E-state index contributed by atoms with van der Waals surface area (Å²) in [7, 11) is 0. The second kappa shape index (κ2) is 8.51. The van der Waals surface area contributed by atoms with E-state index < -0.39 is 7.59 Å². The fourth-order valence-electron chi connectivity index (χ4n) is 2.50. The Morgan fingerprint density at radius 3 is 1.39 bits per heavy atom. The van der Waals surface area contributed by atoms with Gasteiger partial charge in [-0.1, -0.05) is 125 Å². The molecule has 3 aromatic rings. The number of nitrogens with zero attached hydrogens (tertiary/aromatic N) is 3. The van der Waals surface area contributed by atoms with E-state index in [1.54, 1.807) is 0 Å². The first-order chi connectivity index (χ1) is 13.1. The highest BCUT2D eigenvalue weighted by molar-refractivity contribution is 6.67. The molecule has 0 N–H and O–H groups in total. The molecule has 0 aliphatic rings. The molecule has 146 valence electrons. The van der Waals surface area contributed by atoms with Crippen molar-refractivity contribution >= 4 is 69.6 Å². The normalized spacial score (nSPS) is 12.2. The van der Waals surface area contributed by atoms with Crippen molar-refractivity contribution in [3.05, 3.63) is 65.7 Å². The smallest absolute Gasteiger partial charge is 0.209 e. The molecule has 0 fully saturated rings. The van der Waals surface area contributed by atoms with Crippen molar-refractivity contribution in [2.24, 2.45) is 0 Å². The van der Waals surface area contributed by atoms with E-state index in [4.69, 9.17) is 69.6 Å². The van der Waals surface area contributed by atoms with Crippen LogP contribution >= 0.6 is 69.6 Å². The van der Waals surface area contributed by atoms with Crippen LogP contribution in [-0.2, 0) is 14.0 Å². The Hall–Kier alpha value is -0.810. The Kier molecular flexibility index (Phi) is 6.65. The molecule has 28 heavy (non-hydrogen) atoms. The number of rotatable bonds is 3. The van der Waals surface area contributed by atoms with Crippen LogP contribution in [0.2, 0.25) is 0 Å². The Labute approximate surface area is 192 Å². The Bertz CT molecular complexity index is 929. The van der Waals surface area contributed by atoms with Gasteiger partial charge >= 0.3 is 0 Å². The van der Waals surface area contributed by atoms with Crippen LogP contribution in [-0.4, -0.2) is 15.0 Å². The summed E-state index contributed by atoms with van der Waals surface area (Å²) in [5, 5.41) is 0. The standard InChI is InChI=1S/C19H13Cl6N3/c1-2-11-3-5-12(6-4-11)13-7-9-14(10-8-13)15-26-16(18(20,21)22)28-17(27-15)19(23,24)25/h3-10H,2H2,1H3. The molecule has 0 atom stereocenters. The molecule has 0 bridgehead atoms. The molecule has 1 aromatic heterocycles. The van der Waals surface area contributed by atoms with Crippen LogP contribution < -0.4 is 0 Å². The van der Waals surface area contributed by atoms with Crippen molar-refractivity contribution < 1.29 is 0 Å². The molecule has 0 spiro atoms. The van der Waals surface area contributed by atoms with Gasteiger partial charge in [0.05, 0.1) is 0 Å². The first-order valence-corrected chi connectivity index (χ1v) is 10.4. The minimum absolute atomic E-state index is 0.122. The Morgan fingerprint density at radius 2 is 1.00 bits per heavy atom. The summed E-state index contributed by atoms with van der Waals surface area (Å²) in [5.41, 5.74) is 4.10. The predicted molar refractivity (Wildman–Crippen MR) is 119 cm³/mol. The summed E-state index contributed by atoms with van der Waals surface area (Å²) in [6.45, 7) is 2.12. The molecule has 1 heterocycles. The Morgan fingerprint density at radius 1 is 0.607 bits per heavy atom. The van der Waals surface area contributed by atoms with Gasteiger partial charge in [0.25, 0.3) is 0 Å². The SMILES string of the molecule is CCc1ccc(-c2ccc(-c3nc(C(Cl)(Cl)Cl)nc(C(Cl)(Cl)Cl)n3)cc2)cc1. The lowest BCUT2D eigenvalue weighted by Crippen LogP contribution is -2.16. The molecule has 0 amide bonds. The molecule has 0 aliphatic carbocycles. The number of alkyl halides is 6. The molecule has 0 saturated heterocycles. The lowest BCUT2D eigenvalue weighted by molar-refractivity contribution is 0.851. The summed E-state index contributed by atoms with van der Waals surface area (Å²) in [6, 6.07) is 16.0. The van der Waals surface area contributed by atoms with Crippen molar-refractivity contribution in [3.8, 4) is 22.5 Å². The van der Waals surface area contributed by atoms with Crippen LogP contribution in [0.4, 0.5) is 0 Å². The highest BCUT2D eigenvalue weighted by Crippen LogP contribution is 2.40. The van der Waals surface area contributed by atoms with Gasteiger partial charge in [-0.25, -0.2) is 15.0 Å². The number of hydrogen-bond donors (Lipinski definition) is 0. The van der Waals surface area contributed by atoms with Crippen molar-refractivity contribution in [2.45, 2.75) is 20.9 Å². The van der Waals surface area contributed by atoms with Gasteiger partial charge in [0.1, 0.15) is 0 Å². The minimum atomic E-state index is -1.89. The van der Waals surface area contributed by atoms with Gasteiger partial charge in [-0.05, 0) is 23.1 Å². The third kappa shape index (κ3) is 5.21. The average molecular weight is 496 g/mol. The van der Waals surface area contributed by atoms with Gasteiger partial charge in [-0.2, -0.15) is 0 Å². The zero-order valence-electron chi connectivity index (χ0n) is 14.4. The van der Waals surface area contributed by atoms with Crippen LogP contribution in [0.5, 0.6) is 0 Å². The van der Waals surface area contributed by atoms with Crippen molar-refractivity contribution in [3.63, 3.8) is 0 Å². The largest absolute Gasteiger partial charge is 0.250 e. The van der Waals surface area contributed by atoms with E-state index in [9.17, 15) is 0 Å². The molecule has 3 rings (SSSR count). The summed E-state index contributed by atoms with van der Waals surface area (Å²) in [6.07, 6.45) is 0.996. The molecule has 0 radical (unpaired) electrons. The monoisotopic (exact) mass is 493 g/mol. The van der Waals surface area contributed by atoms with Gasteiger partial charge in [0.2, 0.25) is 7.59 Å². The highest BCUT2D eigenvalue weighted by Gasteiger charge is 2.34. The van der Waals surface area contributed by atoms with E-state index in [1.165, 1.54) is 5.56 Å². The zero-order chi connectivity index (χ0) is 20.5. The maximum atomic E-state index is 5.92. The number of halogens is 6. The zero-order valence-corrected chi connectivity index (χ0v) is 19.0. The van der Waals surface area contributed by atoms with Crippen molar-refractivity contribution in [1.29, 1.82) is 0 Å². The molecule has 9 heteroatoms. The summed E-state index contributed by atoms with van der Waals surface area (Å²) in [5.74, 6) is -0.00311. The molecule has 0 unspecified atom stereocenters. The van der Waals surface area contributed by atoms with Gasteiger partial charge in [-0.15, -0.1) is 0 Å². The van der Waals surface area contributed by atoms with E-state index in [0.717, 1.165) is 17.5 Å². The van der Waals surface area contributed by atoms with Crippen LogP contribution in [0.1, 0.15) is 24.1 Å². The van der Waals surface area contributed by atoms with Crippen molar-refractivity contribution in [1.82, 2.24) is 15.0 Å². The van der Waals surface area contributed by atoms with E-state index in [-0.39, 0.29) is 17.5 Å². The summed E-state index contributed by atoms with van der Waals surface area (Å²) in [4.78, 5) is 12.4. The molecular formula is C19H13Cl6N3. The number of aromatic nitrogens is 3. The Balaban J connectivity index is 2.00. The van der Waals surface area contributed by atoms with Gasteiger partial charge in [0, 0.05) is 5.56 Å². The molecular weight excluding hydrogens is 483 g/mol. The van der Waals surface area contributed by atoms with E-state index >= 15 is 0 Å². The predicted octanol–water partition coefficient (Wildman–Crippen LogP) is 7.42. The lowest BCUT2D eigenvalue weighted by Gasteiger charge is -2.15. The maximum Gasteiger partial charge on any atom is 0.250 e. The van der Waals surface area contributed by atoms with Crippen LogP contribution in [0.3, 0.4) is 0 Å². The first-order valence-electron chi connectivity index (χ1n) is 8.18. The van der Waals surface area contributed by atoms with Crippen LogP contribution in [0, 0.1) is 0 Å². The molecule has 0 saturated carbocycles. The molecule has 2 aromatic carbocycles. The lowest BCUT2D eigenvalue weighted by atomic mass is 10.0. The second-order valence-electron chi connectivity index (χ2n) is 5.93. The average Bonchev–Trinajstić information content (AvgIpc) is 2.66. The quantitative estimate of drug-likeness (QED) is 0.355. The first kappa shape index (κ1) is 21.9. The number of hydrogen-bond acceptors (Lipinski definition) is 3. The molecule has 3 nitrogen and oxygen atoms in total. The van der Waals surface area contributed by atoms with Crippen LogP contribution in [0.15, 0.2) is 48.5 Å². The third-order valence-corrected chi connectivity index (χ3v) is 5.00. The summed E-state index contributed by atoms with van der Waals surface area (Å²) >= 11 is 35.5. The summed E-state index contributed by atoms with van der Waals surface area (Å²) < 4.78 is -3.77. The molecule has 0 aliphatic heterocycles. The number of aryl methyl sites for hydroxylation is 1. The van der Waals surface area contributed by atoms with Gasteiger partial charge in [-0.3, -0.25) is 0 Å². The van der Waals surface area contributed by atoms with Gasteiger partial charge < -0.3 is 0 Å². The van der Waals surface area contributed by atoms with E-state index in [0.29, 0.717) is 5.56 Å². The fourth-order valence-corrected chi connectivity index (χ4v) is 3.01. The maximum absolute atomic E-state index is 5.92. The van der Waals surface area contributed by atoms with E-state index in [2.05, 4.69) is 46.1 Å². The van der Waals surface area contributed by atoms with Crippen LogP contribution in [0.25, 0.3) is 22.5 Å². The topological polar surface area (TPSA) is 38.7 Å². The third-order valence-electron chi connectivity index (χ3n) is 3.98. The fraction of sp³-hybridized carbons (Fsp3) is 0.211. The second-order valence-corrected chi connectivity index (χ2v) is 10.5.